The first kappa shape index (κ1) is 14.9. The molecule has 21 heavy (non-hydrogen) atoms. The average molecular weight is 288 g/mol. The topological polar surface area (TPSA) is 68.2 Å². The maximum Gasteiger partial charge on any atom is 0.323 e. The van der Waals surface area contributed by atoms with E-state index in [1.54, 1.807) is 36.3 Å². The van der Waals surface area contributed by atoms with E-state index in [0.29, 0.717) is 11.4 Å². The molecular weight excluding hydrogens is 268 g/mol. The molecular formula is C15H20N4O2. The number of aromatic nitrogens is 2. The Hall–Kier alpha value is -2.50. The summed E-state index contributed by atoms with van der Waals surface area (Å²) in [6.45, 7) is 5.96. The van der Waals surface area contributed by atoms with Crippen molar-refractivity contribution >= 4 is 17.4 Å². The fraction of sp³-hybridized carbons (Fsp3) is 0.333. The van der Waals surface area contributed by atoms with Gasteiger partial charge >= 0.3 is 6.03 Å². The lowest BCUT2D eigenvalue weighted by molar-refractivity contribution is 0.131. The van der Waals surface area contributed by atoms with Crippen molar-refractivity contribution in [2.75, 3.05) is 10.6 Å². The summed E-state index contributed by atoms with van der Waals surface area (Å²) in [6.07, 6.45) is 3.31. The third-order valence-electron chi connectivity index (χ3n) is 2.50. The molecule has 1 aromatic heterocycles. The largest absolute Gasteiger partial charge is 0.488 e. The lowest BCUT2D eigenvalue weighted by Crippen LogP contribution is -2.23. The summed E-state index contributed by atoms with van der Waals surface area (Å²) in [5.41, 5.74) is 1.09. The molecule has 2 aromatic rings. The van der Waals surface area contributed by atoms with E-state index in [1.807, 2.05) is 32.9 Å². The molecule has 0 aliphatic heterocycles. The van der Waals surface area contributed by atoms with Crippen LogP contribution in [0.3, 0.4) is 0 Å². The molecule has 2 rings (SSSR count). The van der Waals surface area contributed by atoms with Crippen LogP contribution in [0.4, 0.5) is 16.2 Å². The Morgan fingerprint density at radius 1 is 1.14 bits per heavy atom. The van der Waals surface area contributed by atoms with Crippen LogP contribution in [-0.4, -0.2) is 21.4 Å². The zero-order valence-corrected chi connectivity index (χ0v) is 12.7. The SMILES string of the molecule is Cn1cc(NC(=O)Nc2ccc(OC(C)(C)C)cc2)cn1. The maximum absolute atomic E-state index is 11.8. The minimum absolute atomic E-state index is 0.243. The number of nitrogens with zero attached hydrogens (tertiary/aromatic N) is 2. The number of nitrogens with one attached hydrogen (secondary N) is 2. The van der Waals surface area contributed by atoms with Gasteiger partial charge in [0.15, 0.2) is 0 Å². The normalized spacial score (nSPS) is 11.0. The Kier molecular flexibility index (Phi) is 4.16. The molecule has 112 valence electrons. The number of ether oxygens (including phenoxy) is 1. The van der Waals surface area contributed by atoms with Crippen molar-refractivity contribution in [1.29, 1.82) is 0 Å². The zero-order chi connectivity index (χ0) is 15.5. The standard InChI is InChI=1S/C15H20N4O2/c1-15(2,3)21-13-7-5-11(6-8-13)17-14(20)18-12-9-16-19(4)10-12/h5-10H,1-4H3,(H2,17,18,20). The van der Waals surface area contributed by atoms with Crippen molar-refractivity contribution in [2.45, 2.75) is 26.4 Å². The van der Waals surface area contributed by atoms with Crippen LogP contribution in [-0.2, 0) is 7.05 Å². The molecule has 2 N–H and O–H groups in total. The van der Waals surface area contributed by atoms with Gasteiger partial charge in [-0.05, 0) is 45.0 Å². The lowest BCUT2D eigenvalue weighted by atomic mass is 10.2. The van der Waals surface area contributed by atoms with Gasteiger partial charge in [-0.25, -0.2) is 4.79 Å². The first-order chi connectivity index (χ1) is 9.82. The number of aryl methyl sites for hydroxylation is 1. The first-order valence-corrected chi connectivity index (χ1v) is 6.67. The maximum atomic E-state index is 11.8. The smallest absolute Gasteiger partial charge is 0.323 e. The summed E-state index contributed by atoms with van der Waals surface area (Å²) in [5.74, 6) is 0.765. The van der Waals surface area contributed by atoms with Gasteiger partial charge in [0.2, 0.25) is 0 Å². The molecule has 0 radical (unpaired) electrons. The first-order valence-electron chi connectivity index (χ1n) is 6.67. The Balaban J connectivity index is 1.92. The molecule has 0 fully saturated rings. The predicted molar refractivity (Wildman–Crippen MR) is 82.7 cm³/mol. The number of urea groups is 1. The number of amides is 2. The van der Waals surface area contributed by atoms with E-state index in [1.165, 1.54) is 0 Å². The van der Waals surface area contributed by atoms with E-state index in [4.69, 9.17) is 4.74 Å². The summed E-state index contributed by atoms with van der Waals surface area (Å²) in [4.78, 5) is 11.8. The van der Waals surface area contributed by atoms with Gasteiger partial charge in [0.05, 0.1) is 11.9 Å². The van der Waals surface area contributed by atoms with Crippen molar-refractivity contribution in [3.05, 3.63) is 36.7 Å². The van der Waals surface area contributed by atoms with Crippen LogP contribution >= 0.6 is 0 Å². The van der Waals surface area contributed by atoms with Gasteiger partial charge in [-0.15, -0.1) is 0 Å². The number of anilines is 2. The highest BCUT2D eigenvalue weighted by molar-refractivity contribution is 5.99. The Morgan fingerprint density at radius 2 is 1.76 bits per heavy atom. The highest BCUT2D eigenvalue weighted by Crippen LogP contribution is 2.20. The molecule has 1 aromatic carbocycles. The summed E-state index contributed by atoms with van der Waals surface area (Å²) in [6, 6.07) is 6.93. The van der Waals surface area contributed by atoms with Crippen molar-refractivity contribution in [3.63, 3.8) is 0 Å². The quantitative estimate of drug-likeness (QED) is 0.911. The minimum Gasteiger partial charge on any atom is -0.488 e. The second kappa shape index (κ2) is 5.87. The summed E-state index contributed by atoms with van der Waals surface area (Å²) >= 11 is 0. The van der Waals surface area contributed by atoms with Gasteiger partial charge in [-0.1, -0.05) is 0 Å². The van der Waals surface area contributed by atoms with Crippen LogP contribution in [0.25, 0.3) is 0 Å². The number of hydrogen-bond acceptors (Lipinski definition) is 3. The van der Waals surface area contributed by atoms with Gasteiger partial charge in [0.25, 0.3) is 0 Å². The van der Waals surface area contributed by atoms with Crippen LogP contribution in [0, 0.1) is 0 Å². The van der Waals surface area contributed by atoms with E-state index >= 15 is 0 Å². The Bertz CT molecular complexity index is 611. The molecule has 0 saturated heterocycles. The van der Waals surface area contributed by atoms with Crippen molar-refractivity contribution in [1.82, 2.24) is 9.78 Å². The molecule has 0 aliphatic rings. The van der Waals surface area contributed by atoms with Crippen LogP contribution in [0.1, 0.15) is 20.8 Å². The number of carbonyl (C=O) groups excluding carboxylic acids is 1. The predicted octanol–water partition coefficient (Wildman–Crippen LogP) is 3.24. The van der Waals surface area contributed by atoms with E-state index in [-0.39, 0.29) is 11.6 Å². The second-order valence-electron chi connectivity index (χ2n) is 5.72. The highest BCUT2D eigenvalue weighted by Gasteiger charge is 2.11. The van der Waals surface area contributed by atoms with E-state index < -0.39 is 0 Å². The average Bonchev–Trinajstić information content (AvgIpc) is 2.75. The number of rotatable bonds is 3. The lowest BCUT2D eigenvalue weighted by Gasteiger charge is -2.21. The van der Waals surface area contributed by atoms with Crippen molar-refractivity contribution in [2.24, 2.45) is 7.05 Å². The molecule has 6 nitrogen and oxygen atoms in total. The Labute approximate surface area is 124 Å². The molecule has 0 aliphatic carbocycles. The van der Waals surface area contributed by atoms with Gasteiger partial charge in [-0.3, -0.25) is 4.68 Å². The molecule has 0 bridgehead atoms. The van der Waals surface area contributed by atoms with Gasteiger partial charge in [0, 0.05) is 18.9 Å². The number of carbonyl (C=O) groups is 1. The monoisotopic (exact) mass is 288 g/mol. The zero-order valence-electron chi connectivity index (χ0n) is 12.7. The fourth-order valence-electron chi connectivity index (χ4n) is 1.74. The van der Waals surface area contributed by atoms with Crippen molar-refractivity contribution in [3.8, 4) is 5.75 Å². The molecule has 0 atom stereocenters. The summed E-state index contributed by atoms with van der Waals surface area (Å²) < 4.78 is 7.34. The van der Waals surface area contributed by atoms with Gasteiger partial charge < -0.3 is 15.4 Å². The number of benzene rings is 1. The molecule has 6 heteroatoms. The van der Waals surface area contributed by atoms with Crippen molar-refractivity contribution < 1.29 is 9.53 Å². The van der Waals surface area contributed by atoms with Gasteiger partial charge in [0.1, 0.15) is 11.4 Å². The fourth-order valence-corrected chi connectivity index (χ4v) is 1.74. The van der Waals surface area contributed by atoms with Crippen LogP contribution in [0.2, 0.25) is 0 Å². The molecule has 1 heterocycles. The summed E-state index contributed by atoms with van der Waals surface area (Å²) in [5, 5.41) is 9.43. The summed E-state index contributed by atoms with van der Waals surface area (Å²) in [7, 11) is 1.79. The van der Waals surface area contributed by atoms with Crippen LogP contribution in [0.15, 0.2) is 36.7 Å². The van der Waals surface area contributed by atoms with E-state index in [0.717, 1.165) is 5.75 Å². The minimum atomic E-state index is -0.313. The molecule has 2 amide bonds. The van der Waals surface area contributed by atoms with Crippen LogP contribution < -0.4 is 15.4 Å². The van der Waals surface area contributed by atoms with E-state index in [2.05, 4.69) is 15.7 Å². The third-order valence-corrected chi connectivity index (χ3v) is 2.50. The third kappa shape index (κ3) is 4.83. The van der Waals surface area contributed by atoms with Crippen LogP contribution in [0.5, 0.6) is 5.75 Å². The van der Waals surface area contributed by atoms with Gasteiger partial charge in [-0.2, -0.15) is 5.10 Å². The molecule has 0 unspecified atom stereocenters. The Morgan fingerprint density at radius 3 is 2.29 bits per heavy atom. The molecule has 0 saturated carbocycles. The second-order valence-corrected chi connectivity index (χ2v) is 5.72. The number of hydrogen-bond donors (Lipinski definition) is 2. The molecule has 0 spiro atoms. The highest BCUT2D eigenvalue weighted by atomic mass is 16.5. The van der Waals surface area contributed by atoms with E-state index in [9.17, 15) is 4.79 Å².